The van der Waals surface area contributed by atoms with Crippen molar-refractivity contribution in [2.45, 2.75) is 45.1 Å². The van der Waals surface area contributed by atoms with E-state index in [0.29, 0.717) is 17.8 Å². The van der Waals surface area contributed by atoms with Gasteiger partial charge in [-0.15, -0.1) is 0 Å². The highest BCUT2D eigenvalue weighted by Gasteiger charge is 2.32. The second-order valence-corrected chi connectivity index (χ2v) is 7.55. The Morgan fingerprint density at radius 2 is 2.06 bits per heavy atom. The second-order valence-electron chi connectivity index (χ2n) is 7.55. The molecule has 0 saturated carbocycles. The highest BCUT2D eigenvalue weighted by atomic mass is 19.2. The number of amides is 1. The predicted octanol–water partition coefficient (Wildman–Crippen LogP) is 3.81. The summed E-state index contributed by atoms with van der Waals surface area (Å²) < 4.78 is 32.8. The van der Waals surface area contributed by atoms with E-state index in [9.17, 15) is 13.6 Å². The fraction of sp³-hybridized carbons (Fsp3) is 0.429. The first-order valence-electron chi connectivity index (χ1n) is 10.4. The van der Waals surface area contributed by atoms with Crippen LogP contribution in [0.4, 0.5) is 20.3 Å². The third kappa shape index (κ3) is 4.42. The van der Waals surface area contributed by atoms with E-state index >= 15 is 0 Å². The molecule has 4 rings (SSSR count). The summed E-state index contributed by atoms with van der Waals surface area (Å²) in [5.41, 5.74) is 1.70. The number of carbonyl (C=O) groups is 1. The van der Waals surface area contributed by atoms with Gasteiger partial charge in [-0.1, -0.05) is 12.8 Å². The van der Waals surface area contributed by atoms with E-state index in [-0.39, 0.29) is 24.3 Å². The summed E-state index contributed by atoms with van der Waals surface area (Å²) >= 11 is 0. The van der Waals surface area contributed by atoms with Crippen molar-refractivity contribution in [3.63, 3.8) is 0 Å². The van der Waals surface area contributed by atoms with Gasteiger partial charge in [0.2, 0.25) is 11.7 Å². The first kappa shape index (κ1) is 21.0. The van der Waals surface area contributed by atoms with Gasteiger partial charge in [0.25, 0.3) is 0 Å². The minimum absolute atomic E-state index is 0.108. The number of fused-ring (bicyclic) bond motifs is 2. The lowest BCUT2D eigenvalue weighted by molar-refractivity contribution is -0.119. The average molecular weight is 430 g/mol. The number of anilines is 2. The Bertz CT molecular complexity index is 1070. The second kappa shape index (κ2) is 9.23. The number of carbonyl (C=O) groups excluding carboxylic acids is 1. The van der Waals surface area contributed by atoms with Gasteiger partial charge in [-0.25, -0.2) is 19.3 Å². The highest BCUT2D eigenvalue weighted by Crippen LogP contribution is 2.37. The number of halogens is 2. The van der Waals surface area contributed by atoms with E-state index < -0.39 is 11.6 Å². The van der Waals surface area contributed by atoms with Crippen molar-refractivity contribution in [3.8, 4) is 5.75 Å². The smallest absolute Gasteiger partial charge is 0.227 e. The molecule has 0 aliphatic carbocycles. The molecule has 31 heavy (non-hydrogen) atoms. The Balaban J connectivity index is 1.22. The normalized spacial score (nSPS) is 15.6. The van der Waals surface area contributed by atoms with Crippen molar-refractivity contribution < 1.29 is 18.3 Å². The zero-order valence-corrected chi connectivity index (χ0v) is 17.2. The highest BCUT2D eigenvalue weighted by molar-refractivity contribution is 5.96. The predicted molar refractivity (Wildman–Crippen MR) is 112 cm³/mol. The number of unbranched alkanes of at least 4 members (excludes halogenated alkanes) is 3. The Hall–Kier alpha value is -3.30. The molecule has 0 spiro atoms. The van der Waals surface area contributed by atoms with Gasteiger partial charge in [0.1, 0.15) is 18.5 Å². The number of aromatic nitrogens is 4. The van der Waals surface area contributed by atoms with Crippen LogP contribution in [-0.2, 0) is 4.79 Å². The van der Waals surface area contributed by atoms with Gasteiger partial charge in [0.15, 0.2) is 23.0 Å². The molecule has 2 aromatic heterocycles. The summed E-state index contributed by atoms with van der Waals surface area (Å²) in [6, 6.07) is 2.19. The van der Waals surface area contributed by atoms with Crippen LogP contribution in [0.3, 0.4) is 0 Å². The van der Waals surface area contributed by atoms with Crippen LogP contribution < -0.4 is 15.0 Å². The molecule has 1 atom stereocenters. The first-order chi connectivity index (χ1) is 15.1. The summed E-state index contributed by atoms with van der Waals surface area (Å²) in [6.45, 7) is 2.72. The molecule has 10 heteroatoms. The lowest BCUT2D eigenvalue weighted by Crippen LogP contribution is -2.45. The number of nitrogens with one attached hydrogen (secondary N) is 2. The van der Waals surface area contributed by atoms with Crippen LogP contribution in [0.2, 0.25) is 0 Å². The standard InChI is InChI=1S/C21H24F2N6O2/c1-13-10-31-19-15(8-7-14(22)17(19)23)29(13)16(30)6-4-2-3-5-9-24-20-18-21(26-11-25-18)28-12-27-20/h7-8,11-13H,2-6,9-10H2,1H3,(H2,24,25,26,27,28). The van der Waals surface area contributed by atoms with Gasteiger partial charge in [-0.05, 0) is 31.9 Å². The van der Waals surface area contributed by atoms with E-state index in [1.54, 1.807) is 6.33 Å². The zero-order chi connectivity index (χ0) is 21.8. The van der Waals surface area contributed by atoms with Crippen molar-refractivity contribution in [1.82, 2.24) is 19.9 Å². The maximum atomic E-state index is 14.0. The van der Waals surface area contributed by atoms with Gasteiger partial charge in [0, 0.05) is 13.0 Å². The Morgan fingerprint density at radius 3 is 2.94 bits per heavy atom. The van der Waals surface area contributed by atoms with E-state index in [1.165, 1.54) is 17.3 Å². The fourth-order valence-electron chi connectivity index (χ4n) is 3.73. The molecule has 3 aromatic rings. The summed E-state index contributed by atoms with van der Waals surface area (Å²) in [5, 5.41) is 3.27. The third-order valence-corrected chi connectivity index (χ3v) is 5.30. The fourth-order valence-corrected chi connectivity index (χ4v) is 3.73. The Kier molecular flexibility index (Phi) is 6.24. The zero-order valence-electron chi connectivity index (χ0n) is 17.2. The molecule has 2 N–H and O–H groups in total. The Labute approximate surface area is 178 Å². The largest absolute Gasteiger partial charge is 0.486 e. The van der Waals surface area contributed by atoms with Crippen LogP contribution in [0.5, 0.6) is 5.75 Å². The molecule has 8 nitrogen and oxygen atoms in total. The summed E-state index contributed by atoms with van der Waals surface area (Å²) in [5.74, 6) is -1.60. The molecule has 1 amide bonds. The van der Waals surface area contributed by atoms with Crippen molar-refractivity contribution in [2.75, 3.05) is 23.4 Å². The minimum atomic E-state index is -1.05. The van der Waals surface area contributed by atoms with Crippen LogP contribution in [-0.4, -0.2) is 45.0 Å². The van der Waals surface area contributed by atoms with Crippen LogP contribution in [0.25, 0.3) is 11.2 Å². The van der Waals surface area contributed by atoms with Crippen molar-refractivity contribution >= 4 is 28.6 Å². The van der Waals surface area contributed by atoms with Crippen molar-refractivity contribution in [1.29, 1.82) is 0 Å². The Morgan fingerprint density at radius 1 is 1.23 bits per heavy atom. The van der Waals surface area contributed by atoms with Crippen LogP contribution >= 0.6 is 0 Å². The van der Waals surface area contributed by atoms with E-state index in [2.05, 4.69) is 25.3 Å². The number of H-pyrrole nitrogens is 1. The molecule has 164 valence electrons. The molecular weight excluding hydrogens is 406 g/mol. The maximum Gasteiger partial charge on any atom is 0.227 e. The van der Waals surface area contributed by atoms with E-state index in [1.807, 2.05) is 6.92 Å². The van der Waals surface area contributed by atoms with Crippen LogP contribution in [0, 0.1) is 11.6 Å². The summed E-state index contributed by atoms with van der Waals surface area (Å²) in [7, 11) is 0. The number of hydrogen-bond acceptors (Lipinski definition) is 6. The number of aromatic amines is 1. The van der Waals surface area contributed by atoms with Gasteiger partial charge in [-0.2, -0.15) is 4.39 Å². The summed E-state index contributed by atoms with van der Waals surface area (Å²) in [6.07, 6.45) is 6.89. The monoisotopic (exact) mass is 430 g/mol. The van der Waals surface area contributed by atoms with Crippen LogP contribution in [0.1, 0.15) is 39.0 Å². The summed E-state index contributed by atoms with van der Waals surface area (Å²) in [4.78, 5) is 29.7. The first-order valence-corrected chi connectivity index (χ1v) is 10.4. The molecule has 0 fully saturated rings. The third-order valence-electron chi connectivity index (χ3n) is 5.30. The van der Waals surface area contributed by atoms with Gasteiger partial charge in [0.05, 0.1) is 18.1 Å². The van der Waals surface area contributed by atoms with Crippen molar-refractivity contribution in [3.05, 3.63) is 36.4 Å². The van der Waals surface area contributed by atoms with Gasteiger partial charge in [-0.3, -0.25) is 4.79 Å². The molecule has 0 saturated heterocycles. The molecular formula is C21H24F2N6O2. The quantitative estimate of drug-likeness (QED) is 0.528. The lowest BCUT2D eigenvalue weighted by Gasteiger charge is -2.35. The molecule has 3 heterocycles. The molecule has 1 aliphatic rings. The number of rotatable bonds is 8. The molecule has 0 bridgehead atoms. The van der Waals surface area contributed by atoms with Gasteiger partial charge < -0.3 is 19.9 Å². The molecule has 1 unspecified atom stereocenters. The molecule has 1 aliphatic heterocycles. The average Bonchev–Trinajstić information content (AvgIpc) is 3.25. The lowest BCUT2D eigenvalue weighted by atomic mass is 10.1. The topological polar surface area (TPSA) is 96.0 Å². The minimum Gasteiger partial charge on any atom is -0.486 e. The number of imidazole rings is 1. The molecule has 1 aromatic carbocycles. The molecule has 0 radical (unpaired) electrons. The van der Waals surface area contributed by atoms with Crippen LogP contribution in [0.15, 0.2) is 24.8 Å². The number of nitrogens with zero attached hydrogens (tertiary/aromatic N) is 4. The maximum absolute atomic E-state index is 14.0. The number of ether oxygens (including phenoxy) is 1. The number of benzene rings is 1. The SMILES string of the molecule is CC1COc2c(ccc(F)c2F)N1C(=O)CCCCCCNc1ncnc2nc[nH]c12. The van der Waals surface area contributed by atoms with Crippen molar-refractivity contribution in [2.24, 2.45) is 0 Å². The number of hydrogen-bond donors (Lipinski definition) is 2. The van der Waals surface area contributed by atoms with E-state index in [4.69, 9.17) is 4.74 Å². The van der Waals surface area contributed by atoms with Gasteiger partial charge >= 0.3 is 0 Å². The van der Waals surface area contributed by atoms with E-state index in [0.717, 1.165) is 49.6 Å².